The van der Waals surface area contributed by atoms with Crippen LogP contribution < -0.4 is 0 Å². The fraction of sp³-hybridized carbons (Fsp3) is 0.222. The molecular weight excluding hydrogens is 170 g/mol. The van der Waals surface area contributed by atoms with Gasteiger partial charge in [-0.3, -0.25) is 9.78 Å². The number of aromatic nitrogens is 1. The quantitative estimate of drug-likeness (QED) is 0.514. The van der Waals surface area contributed by atoms with E-state index in [1.165, 1.54) is 18.5 Å². The molecule has 0 bridgehead atoms. The standard InChI is InChI=1S/C9H9NO3/c1-2-13-9(12)8-3-7(6-11)4-10-5-8/h3-6H,2H2,1H3. The minimum atomic E-state index is -0.460. The van der Waals surface area contributed by atoms with Crippen LogP contribution in [0.1, 0.15) is 27.6 Å². The van der Waals surface area contributed by atoms with Crippen LogP contribution in [0.4, 0.5) is 0 Å². The Morgan fingerprint density at radius 1 is 1.62 bits per heavy atom. The lowest BCUT2D eigenvalue weighted by molar-refractivity contribution is 0.0526. The van der Waals surface area contributed by atoms with Gasteiger partial charge in [0.2, 0.25) is 0 Å². The first kappa shape index (κ1) is 9.38. The molecule has 0 atom stereocenters. The zero-order chi connectivity index (χ0) is 9.68. The Labute approximate surface area is 75.5 Å². The molecule has 0 aliphatic rings. The average Bonchev–Trinajstić information content (AvgIpc) is 2.18. The minimum Gasteiger partial charge on any atom is -0.462 e. The fourth-order valence-electron chi connectivity index (χ4n) is 0.848. The number of rotatable bonds is 3. The van der Waals surface area contributed by atoms with Crippen LogP contribution in [0.2, 0.25) is 0 Å². The number of hydrogen-bond donors (Lipinski definition) is 0. The Hall–Kier alpha value is -1.71. The van der Waals surface area contributed by atoms with E-state index in [9.17, 15) is 9.59 Å². The molecule has 1 aromatic heterocycles. The van der Waals surface area contributed by atoms with Crippen molar-refractivity contribution in [2.24, 2.45) is 0 Å². The summed E-state index contributed by atoms with van der Waals surface area (Å²) in [6, 6.07) is 1.44. The van der Waals surface area contributed by atoms with Crippen molar-refractivity contribution in [3.63, 3.8) is 0 Å². The molecule has 1 heterocycles. The first-order chi connectivity index (χ1) is 6.27. The number of nitrogens with zero attached hydrogens (tertiary/aromatic N) is 1. The molecule has 0 saturated heterocycles. The van der Waals surface area contributed by atoms with Crippen molar-refractivity contribution in [2.45, 2.75) is 6.92 Å². The number of carbonyl (C=O) groups excluding carboxylic acids is 2. The molecule has 1 rings (SSSR count). The van der Waals surface area contributed by atoms with Gasteiger partial charge in [0.1, 0.15) is 0 Å². The summed E-state index contributed by atoms with van der Waals surface area (Å²) in [5.41, 5.74) is 0.664. The Morgan fingerprint density at radius 2 is 2.38 bits per heavy atom. The summed E-state index contributed by atoms with van der Waals surface area (Å²) < 4.78 is 4.73. The van der Waals surface area contributed by atoms with E-state index >= 15 is 0 Å². The largest absolute Gasteiger partial charge is 0.462 e. The van der Waals surface area contributed by atoms with Crippen LogP contribution in [0.3, 0.4) is 0 Å². The summed E-state index contributed by atoms with van der Waals surface area (Å²) in [5, 5.41) is 0. The molecule has 0 fully saturated rings. The fourth-order valence-corrected chi connectivity index (χ4v) is 0.848. The van der Waals surface area contributed by atoms with Gasteiger partial charge < -0.3 is 4.74 Å². The highest BCUT2D eigenvalue weighted by Crippen LogP contribution is 2.02. The van der Waals surface area contributed by atoms with Crippen molar-refractivity contribution in [3.8, 4) is 0 Å². The maximum atomic E-state index is 11.1. The van der Waals surface area contributed by atoms with Crippen LogP contribution in [-0.4, -0.2) is 23.8 Å². The summed E-state index contributed by atoms with van der Waals surface area (Å²) in [7, 11) is 0. The van der Waals surface area contributed by atoms with Crippen LogP contribution in [-0.2, 0) is 4.74 Å². The molecule has 0 aromatic carbocycles. The van der Waals surface area contributed by atoms with E-state index < -0.39 is 5.97 Å². The van der Waals surface area contributed by atoms with Gasteiger partial charge in [0.25, 0.3) is 0 Å². The lowest BCUT2D eigenvalue weighted by atomic mass is 10.2. The summed E-state index contributed by atoms with van der Waals surface area (Å²) in [5.74, 6) is -0.460. The Balaban J connectivity index is 2.88. The molecule has 1 aromatic rings. The van der Waals surface area contributed by atoms with Crippen molar-refractivity contribution >= 4 is 12.3 Å². The smallest absolute Gasteiger partial charge is 0.339 e. The second-order valence-corrected chi connectivity index (χ2v) is 2.35. The van der Waals surface area contributed by atoms with Crippen LogP contribution >= 0.6 is 0 Å². The van der Waals surface area contributed by atoms with Crippen molar-refractivity contribution < 1.29 is 14.3 Å². The van der Waals surface area contributed by atoms with Gasteiger partial charge in [0.05, 0.1) is 12.2 Å². The van der Waals surface area contributed by atoms with Gasteiger partial charge in [0.15, 0.2) is 6.29 Å². The highest BCUT2D eigenvalue weighted by atomic mass is 16.5. The van der Waals surface area contributed by atoms with Gasteiger partial charge in [-0.2, -0.15) is 0 Å². The number of hydrogen-bond acceptors (Lipinski definition) is 4. The normalized spacial score (nSPS) is 9.31. The van der Waals surface area contributed by atoms with Gasteiger partial charge in [-0.15, -0.1) is 0 Å². The zero-order valence-corrected chi connectivity index (χ0v) is 7.19. The third-order valence-electron chi connectivity index (χ3n) is 1.41. The number of ether oxygens (including phenoxy) is 1. The van der Waals surface area contributed by atoms with Crippen LogP contribution in [0, 0.1) is 0 Å². The topological polar surface area (TPSA) is 56.3 Å². The SMILES string of the molecule is CCOC(=O)c1cncc(C=O)c1. The number of esters is 1. The predicted octanol–water partition coefficient (Wildman–Crippen LogP) is 1.07. The van der Waals surface area contributed by atoms with Gasteiger partial charge >= 0.3 is 5.97 Å². The van der Waals surface area contributed by atoms with E-state index in [1.807, 2.05) is 0 Å². The number of aldehydes is 1. The molecule has 68 valence electrons. The van der Waals surface area contributed by atoms with E-state index in [2.05, 4.69) is 4.98 Å². The summed E-state index contributed by atoms with van der Waals surface area (Å²) in [4.78, 5) is 25.2. The second-order valence-electron chi connectivity index (χ2n) is 2.35. The monoisotopic (exact) mass is 179 g/mol. The molecule has 0 unspecified atom stereocenters. The Morgan fingerprint density at radius 3 is 3.00 bits per heavy atom. The van der Waals surface area contributed by atoms with E-state index in [4.69, 9.17) is 4.74 Å². The summed E-state index contributed by atoms with van der Waals surface area (Å²) in [6.07, 6.45) is 3.39. The summed E-state index contributed by atoms with van der Waals surface area (Å²) in [6.45, 7) is 2.03. The molecule has 0 saturated carbocycles. The van der Waals surface area contributed by atoms with Gasteiger partial charge in [-0.25, -0.2) is 4.79 Å². The predicted molar refractivity (Wildman–Crippen MR) is 45.6 cm³/mol. The molecule has 0 spiro atoms. The average molecular weight is 179 g/mol. The Bertz CT molecular complexity index is 322. The molecule has 0 amide bonds. The van der Waals surface area contributed by atoms with Crippen LogP contribution in [0.15, 0.2) is 18.5 Å². The van der Waals surface area contributed by atoms with Crippen LogP contribution in [0.25, 0.3) is 0 Å². The molecule has 4 heteroatoms. The maximum absolute atomic E-state index is 11.1. The molecule has 4 nitrogen and oxygen atoms in total. The maximum Gasteiger partial charge on any atom is 0.339 e. The van der Waals surface area contributed by atoms with E-state index in [-0.39, 0.29) is 0 Å². The van der Waals surface area contributed by atoms with Gasteiger partial charge in [-0.1, -0.05) is 0 Å². The molecule has 13 heavy (non-hydrogen) atoms. The van der Waals surface area contributed by atoms with Gasteiger partial charge in [-0.05, 0) is 13.0 Å². The van der Waals surface area contributed by atoms with E-state index in [0.29, 0.717) is 24.0 Å². The van der Waals surface area contributed by atoms with Gasteiger partial charge in [0, 0.05) is 18.0 Å². The number of carbonyl (C=O) groups is 2. The second kappa shape index (κ2) is 4.35. The van der Waals surface area contributed by atoms with Crippen molar-refractivity contribution in [1.29, 1.82) is 0 Å². The molecular formula is C9H9NO3. The lowest BCUT2D eigenvalue weighted by Gasteiger charge is -2.00. The highest BCUT2D eigenvalue weighted by molar-refractivity contribution is 5.91. The third-order valence-corrected chi connectivity index (χ3v) is 1.41. The van der Waals surface area contributed by atoms with Crippen molar-refractivity contribution in [2.75, 3.05) is 6.61 Å². The highest BCUT2D eigenvalue weighted by Gasteiger charge is 2.06. The lowest BCUT2D eigenvalue weighted by Crippen LogP contribution is -2.05. The first-order valence-electron chi connectivity index (χ1n) is 3.85. The van der Waals surface area contributed by atoms with E-state index in [1.54, 1.807) is 6.92 Å². The Kier molecular flexibility index (Phi) is 3.14. The van der Waals surface area contributed by atoms with Crippen LogP contribution in [0.5, 0.6) is 0 Å². The van der Waals surface area contributed by atoms with E-state index in [0.717, 1.165) is 0 Å². The molecule has 0 aliphatic carbocycles. The summed E-state index contributed by atoms with van der Waals surface area (Å²) >= 11 is 0. The molecule has 0 aliphatic heterocycles. The van der Waals surface area contributed by atoms with Crippen molar-refractivity contribution in [3.05, 3.63) is 29.6 Å². The number of pyridine rings is 1. The first-order valence-corrected chi connectivity index (χ1v) is 3.85. The van der Waals surface area contributed by atoms with Crippen molar-refractivity contribution in [1.82, 2.24) is 4.98 Å². The molecule has 0 N–H and O–H groups in total. The minimum absolute atomic E-state index is 0.298. The molecule has 0 radical (unpaired) electrons. The third kappa shape index (κ3) is 2.37. The zero-order valence-electron chi connectivity index (χ0n) is 7.19.